The van der Waals surface area contributed by atoms with Gasteiger partial charge in [0.2, 0.25) is 0 Å². The van der Waals surface area contributed by atoms with E-state index in [2.05, 4.69) is 30.9 Å². The first-order valence-electron chi connectivity index (χ1n) is 6.07. The van der Waals surface area contributed by atoms with Gasteiger partial charge in [0.1, 0.15) is 5.75 Å². The quantitative estimate of drug-likeness (QED) is 0.901. The topological polar surface area (TPSA) is 59.2 Å². The lowest BCUT2D eigenvalue weighted by Crippen LogP contribution is -2.06. The highest BCUT2D eigenvalue weighted by molar-refractivity contribution is 5.61. The molecular formula is C14H18N2O2. The summed E-state index contributed by atoms with van der Waals surface area (Å²) in [5, 5.41) is 13.6. The molecule has 0 aliphatic rings. The van der Waals surface area contributed by atoms with Crippen LogP contribution in [0.1, 0.15) is 33.0 Å². The summed E-state index contributed by atoms with van der Waals surface area (Å²) in [6, 6.07) is 6.95. The number of hydrogen-bond acceptors (Lipinski definition) is 4. The molecule has 0 saturated carbocycles. The Morgan fingerprint density at radius 1 is 1.22 bits per heavy atom. The number of aromatic hydroxyl groups is 1. The first kappa shape index (κ1) is 12.6. The fourth-order valence-electron chi connectivity index (χ4n) is 1.61. The standard InChI is InChI=1S/C14H18N2O2/c1-14(2,3)9-8-12-15-13(18-16-12)10-6-4-5-7-11(10)17/h4-7,17H,8-9H2,1-3H3. The Hall–Kier alpha value is -1.84. The number of rotatable bonds is 3. The Morgan fingerprint density at radius 2 is 1.94 bits per heavy atom. The average Bonchev–Trinajstić information content (AvgIpc) is 2.75. The molecule has 0 fully saturated rings. The van der Waals surface area contributed by atoms with Crippen LogP contribution in [0.2, 0.25) is 0 Å². The maximum absolute atomic E-state index is 9.70. The van der Waals surface area contributed by atoms with Crippen molar-refractivity contribution in [2.24, 2.45) is 5.41 Å². The van der Waals surface area contributed by atoms with Crippen molar-refractivity contribution < 1.29 is 9.63 Å². The zero-order valence-corrected chi connectivity index (χ0v) is 11.0. The SMILES string of the molecule is CC(C)(C)CCc1noc(-c2ccccc2O)n1. The molecule has 0 atom stereocenters. The molecular weight excluding hydrogens is 228 g/mol. The van der Waals surface area contributed by atoms with Gasteiger partial charge in [-0.3, -0.25) is 0 Å². The van der Waals surface area contributed by atoms with Gasteiger partial charge in [0, 0.05) is 6.42 Å². The van der Waals surface area contributed by atoms with Crippen molar-refractivity contribution in [3.63, 3.8) is 0 Å². The third-order valence-electron chi connectivity index (χ3n) is 2.70. The average molecular weight is 246 g/mol. The molecule has 0 unspecified atom stereocenters. The summed E-state index contributed by atoms with van der Waals surface area (Å²) >= 11 is 0. The normalized spacial score (nSPS) is 11.7. The van der Waals surface area contributed by atoms with Gasteiger partial charge in [-0.25, -0.2) is 0 Å². The van der Waals surface area contributed by atoms with Crippen LogP contribution in [-0.2, 0) is 6.42 Å². The molecule has 1 heterocycles. The minimum Gasteiger partial charge on any atom is -0.507 e. The Labute approximate surface area is 107 Å². The smallest absolute Gasteiger partial charge is 0.261 e. The van der Waals surface area contributed by atoms with Crippen LogP contribution in [0.3, 0.4) is 0 Å². The molecule has 1 aromatic heterocycles. The van der Waals surface area contributed by atoms with Gasteiger partial charge in [0.15, 0.2) is 5.82 Å². The highest BCUT2D eigenvalue weighted by Crippen LogP contribution is 2.27. The Morgan fingerprint density at radius 3 is 2.61 bits per heavy atom. The number of aryl methyl sites for hydroxylation is 1. The number of aromatic nitrogens is 2. The predicted molar refractivity (Wildman–Crippen MR) is 69.2 cm³/mol. The lowest BCUT2D eigenvalue weighted by atomic mass is 9.90. The second kappa shape index (κ2) is 4.80. The van der Waals surface area contributed by atoms with Gasteiger partial charge >= 0.3 is 0 Å². The second-order valence-electron chi connectivity index (χ2n) is 5.59. The summed E-state index contributed by atoms with van der Waals surface area (Å²) in [5.74, 6) is 1.21. The molecule has 2 rings (SSSR count). The van der Waals surface area contributed by atoms with E-state index in [1.807, 2.05) is 6.07 Å². The molecule has 0 saturated heterocycles. The van der Waals surface area contributed by atoms with E-state index in [0.29, 0.717) is 17.3 Å². The van der Waals surface area contributed by atoms with Crippen molar-refractivity contribution in [3.8, 4) is 17.2 Å². The summed E-state index contributed by atoms with van der Waals surface area (Å²) in [4.78, 5) is 4.31. The summed E-state index contributed by atoms with van der Waals surface area (Å²) < 4.78 is 5.18. The van der Waals surface area contributed by atoms with Crippen LogP contribution in [0.25, 0.3) is 11.5 Å². The van der Waals surface area contributed by atoms with Crippen LogP contribution in [0.5, 0.6) is 5.75 Å². The van der Waals surface area contributed by atoms with E-state index in [-0.39, 0.29) is 11.2 Å². The van der Waals surface area contributed by atoms with Crippen LogP contribution in [-0.4, -0.2) is 15.2 Å². The number of hydrogen-bond donors (Lipinski definition) is 1. The summed E-state index contributed by atoms with van der Waals surface area (Å²) in [6.07, 6.45) is 1.77. The largest absolute Gasteiger partial charge is 0.507 e. The molecule has 0 radical (unpaired) electrons. The maximum Gasteiger partial charge on any atom is 0.261 e. The molecule has 4 nitrogen and oxygen atoms in total. The second-order valence-corrected chi connectivity index (χ2v) is 5.59. The van der Waals surface area contributed by atoms with Crippen molar-refractivity contribution in [2.75, 3.05) is 0 Å². The minimum atomic E-state index is 0.156. The van der Waals surface area contributed by atoms with E-state index >= 15 is 0 Å². The fourth-order valence-corrected chi connectivity index (χ4v) is 1.61. The first-order chi connectivity index (χ1) is 8.46. The number of nitrogens with zero attached hydrogens (tertiary/aromatic N) is 2. The summed E-state index contributed by atoms with van der Waals surface area (Å²) in [7, 11) is 0. The van der Waals surface area contributed by atoms with Gasteiger partial charge in [0.05, 0.1) is 5.56 Å². The van der Waals surface area contributed by atoms with Crippen LogP contribution < -0.4 is 0 Å². The van der Waals surface area contributed by atoms with Crippen molar-refractivity contribution in [2.45, 2.75) is 33.6 Å². The highest BCUT2D eigenvalue weighted by atomic mass is 16.5. The monoisotopic (exact) mass is 246 g/mol. The molecule has 1 aromatic carbocycles. The molecule has 18 heavy (non-hydrogen) atoms. The zero-order chi connectivity index (χ0) is 13.2. The van der Waals surface area contributed by atoms with Crippen LogP contribution in [0.4, 0.5) is 0 Å². The van der Waals surface area contributed by atoms with E-state index in [1.54, 1.807) is 18.2 Å². The molecule has 96 valence electrons. The van der Waals surface area contributed by atoms with Gasteiger partial charge in [-0.05, 0) is 24.0 Å². The summed E-state index contributed by atoms with van der Waals surface area (Å²) in [5.41, 5.74) is 0.822. The van der Waals surface area contributed by atoms with Gasteiger partial charge in [-0.2, -0.15) is 4.98 Å². The van der Waals surface area contributed by atoms with Crippen molar-refractivity contribution in [1.82, 2.24) is 10.1 Å². The van der Waals surface area contributed by atoms with Gasteiger partial charge in [-0.1, -0.05) is 38.1 Å². The van der Waals surface area contributed by atoms with Crippen molar-refractivity contribution in [1.29, 1.82) is 0 Å². The molecule has 4 heteroatoms. The van der Waals surface area contributed by atoms with Gasteiger partial charge in [0.25, 0.3) is 5.89 Å². The summed E-state index contributed by atoms with van der Waals surface area (Å²) in [6.45, 7) is 6.53. The highest BCUT2D eigenvalue weighted by Gasteiger charge is 2.15. The van der Waals surface area contributed by atoms with Crippen molar-refractivity contribution in [3.05, 3.63) is 30.1 Å². The van der Waals surface area contributed by atoms with Crippen LogP contribution >= 0.6 is 0 Å². The zero-order valence-electron chi connectivity index (χ0n) is 11.0. The number of benzene rings is 1. The fraction of sp³-hybridized carbons (Fsp3) is 0.429. The van der Waals surface area contributed by atoms with E-state index < -0.39 is 0 Å². The Balaban J connectivity index is 2.14. The molecule has 1 N–H and O–H groups in total. The predicted octanol–water partition coefficient (Wildman–Crippen LogP) is 3.42. The Kier molecular flexibility index (Phi) is 3.36. The molecule has 0 bridgehead atoms. The molecule has 0 spiro atoms. The van der Waals surface area contributed by atoms with E-state index in [0.717, 1.165) is 12.8 Å². The molecule has 2 aromatic rings. The number of phenols is 1. The lowest BCUT2D eigenvalue weighted by Gasteiger charge is -2.15. The Bertz CT molecular complexity index is 527. The van der Waals surface area contributed by atoms with Crippen molar-refractivity contribution >= 4 is 0 Å². The van der Waals surface area contributed by atoms with Crippen LogP contribution in [0, 0.1) is 5.41 Å². The third kappa shape index (κ3) is 3.09. The molecule has 0 amide bonds. The lowest BCUT2D eigenvalue weighted by molar-refractivity contribution is 0.366. The minimum absolute atomic E-state index is 0.156. The molecule has 0 aliphatic heterocycles. The van der Waals surface area contributed by atoms with Gasteiger partial charge in [-0.15, -0.1) is 0 Å². The number of para-hydroxylation sites is 1. The first-order valence-corrected chi connectivity index (χ1v) is 6.07. The van der Waals surface area contributed by atoms with E-state index in [4.69, 9.17) is 4.52 Å². The maximum atomic E-state index is 9.70. The van der Waals surface area contributed by atoms with Crippen LogP contribution in [0.15, 0.2) is 28.8 Å². The van der Waals surface area contributed by atoms with E-state index in [1.165, 1.54) is 0 Å². The number of phenolic OH excluding ortho intramolecular Hbond substituents is 1. The third-order valence-corrected chi connectivity index (χ3v) is 2.70. The van der Waals surface area contributed by atoms with E-state index in [9.17, 15) is 5.11 Å². The van der Waals surface area contributed by atoms with Gasteiger partial charge < -0.3 is 9.63 Å². The molecule has 0 aliphatic carbocycles.